The van der Waals surface area contributed by atoms with E-state index in [1.807, 2.05) is 36.4 Å². The number of likely N-dealkylation sites (N-methyl/N-ethyl adjacent to an activating group) is 2. The monoisotopic (exact) mass is 330 g/mol. The van der Waals surface area contributed by atoms with E-state index in [0.717, 1.165) is 12.0 Å². The van der Waals surface area contributed by atoms with Crippen molar-refractivity contribution in [3.8, 4) is 0 Å². The number of hydrogen-bond donors (Lipinski definition) is 0. The third kappa shape index (κ3) is 4.46. The Hall–Kier alpha value is -2.12. The van der Waals surface area contributed by atoms with Crippen molar-refractivity contribution in [2.45, 2.75) is 18.6 Å². The van der Waals surface area contributed by atoms with E-state index < -0.39 is 19.3 Å². The van der Waals surface area contributed by atoms with Crippen molar-refractivity contribution in [2.75, 3.05) is 28.2 Å². The van der Waals surface area contributed by atoms with Crippen LogP contribution >= 0.6 is 0 Å². The normalized spacial score (nSPS) is 20.4. The summed E-state index contributed by atoms with van der Waals surface area (Å²) in [5, 5.41) is 0. The molecule has 7 heteroatoms. The van der Waals surface area contributed by atoms with Gasteiger partial charge in [-0.25, -0.2) is 0 Å². The van der Waals surface area contributed by atoms with E-state index in [2.05, 4.69) is 0 Å². The second kappa shape index (κ2) is 8.12. The van der Waals surface area contributed by atoms with E-state index in [-0.39, 0.29) is 11.8 Å². The van der Waals surface area contributed by atoms with Crippen molar-refractivity contribution in [1.82, 2.24) is 9.80 Å². The number of hydrogen-bond acceptors (Lipinski definition) is 4. The van der Waals surface area contributed by atoms with Crippen LogP contribution in [0.5, 0.6) is 0 Å². The van der Waals surface area contributed by atoms with Crippen LogP contribution in [0, 0.1) is 0 Å². The third-order valence-electron chi connectivity index (χ3n) is 3.69. The number of nitrogens with zero attached hydrogens (tertiary/aromatic N) is 2. The molecule has 1 saturated heterocycles. The van der Waals surface area contributed by atoms with Crippen molar-refractivity contribution in [2.24, 2.45) is 0 Å². The minimum absolute atomic E-state index is 0.283. The predicted octanol–water partition coefficient (Wildman–Crippen LogP) is 0.773. The third-order valence-corrected chi connectivity index (χ3v) is 3.69. The Morgan fingerprint density at radius 2 is 1.50 bits per heavy atom. The zero-order valence-electron chi connectivity index (χ0n) is 14.5. The van der Waals surface area contributed by atoms with Crippen molar-refractivity contribution in [3.05, 3.63) is 47.9 Å². The Labute approximate surface area is 143 Å². The quantitative estimate of drug-likeness (QED) is 0.749. The van der Waals surface area contributed by atoms with E-state index in [1.54, 1.807) is 34.2 Å². The molecule has 6 nitrogen and oxygen atoms in total. The van der Waals surface area contributed by atoms with Crippen molar-refractivity contribution in [3.63, 3.8) is 0 Å². The van der Waals surface area contributed by atoms with Gasteiger partial charge in [-0.1, -0.05) is 42.4 Å². The molecule has 0 spiro atoms. The van der Waals surface area contributed by atoms with Gasteiger partial charge in [0, 0.05) is 28.2 Å². The Morgan fingerprint density at radius 3 is 1.96 bits per heavy atom. The van der Waals surface area contributed by atoms with Gasteiger partial charge in [-0.2, -0.15) is 0 Å². The molecule has 0 radical (unpaired) electrons. The molecular formula is C17H23BN2O4. The lowest BCUT2D eigenvalue weighted by molar-refractivity contribution is -0.146. The number of carbonyl (C=O) groups excluding carboxylic acids is 2. The second-order valence-electron chi connectivity index (χ2n) is 6.06. The first kappa shape index (κ1) is 18.2. The SMILES string of the molecule is CN(C)C(=O)[C@@H]1OB(/C=C/Cc2ccccc2)O[C@H]1C(=O)N(C)C. The summed E-state index contributed by atoms with van der Waals surface area (Å²) in [5.74, 6) is 1.18. The molecule has 24 heavy (non-hydrogen) atoms. The molecule has 0 bridgehead atoms. The predicted molar refractivity (Wildman–Crippen MR) is 92.2 cm³/mol. The van der Waals surface area contributed by atoms with Gasteiger partial charge in [0.2, 0.25) is 0 Å². The largest absolute Gasteiger partial charge is 0.487 e. The van der Waals surface area contributed by atoms with Gasteiger partial charge in [0.15, 0.2) is 12.2 Å². The van der Waals surface area contributed by atoms with Gasteiger partial charge in [-0.05, 0) is 12.0 Å². The van der Waals surface area contributed by atoms with Crippen LogP contribution in [0.3, 0.4) is 0 Å². The van der Waals surface area contributed by atoms with Gasteiger partial charge in [0.05, 0.1) is 0 Å². The fourth-order valence-corrected chi connectivity index (χ4v) is 2.37. The molecule has 0 saturated carbocycles. The summed E-state index contributed by atoms with van der Waals surface area (Å²) < 4.78 is 11.3. The van der Waals surface area contributed by atoms with Gasteiger partial charge in [-0.3, -0.25) is 9.59 Å². The Balaban J connectivity index is 2.04. The van der Waals surface area contributed by atoms with Gasteiger partial charge < -0.3 is 19.1 Å². The fourth-order valence-electron chi connectivity index (χ4n) is 2.37. The van der Waals surface area contributed by atoms with E-state index in [4.69, 9.17) is 9.31 Å². The van der Waals surface area contributed by atoms with Crippen LogP contribution in [-0.2, 0) is 25.3 Å². The van der Waals surface area contributed by atoms with Crippen molar-refractivity contribution >= 4 is 18.9 Å². The van der Waals surface area contributed by atoms with E-state index in [9.17, 15) is 9.59 Å². The Kier molecular flexibility index (Phi) is 6.17. The Morgan fingerprint density at radius 1 is 1.00 bits per heavy atom. The maximum atomic E-state index is 12.2. The summed E-state index contributed by atoms with van der Waals surface area (Å²) in [6, 6.07) is 9.97. The van der Waals surface area contributed by atoms with Crippen LogP contribution in [0.15, 0.2) is 42.4 Å². The molecule has 1 heterocycles. The average Bonchev–Trinajstić information content (AvgIpc) is 2.98. The molecule has 2 atom stereocenters. The second-order valence-corrected chi connectivity index (χ2v) is 6.06. The topological polar surface area (TPSA) is 59.1 Å². The molecule has 0 aromatic heterocycles. The van der Waals surface area contributed by atoms with Crippen LogP contribution < -0.4 is 0 Å². The highest BCUT2D eigenvalue weighted by atomic mass is 16.7. The van der Waals surface area contributed by atoms with Crippen LogP contribution in [0.1, 0.15) is 5.56 Å². The lowest BCUT2D eigenvalue weighted by Gasteiger charge is -2.22. The molecule has 1 aromatic rings. The molecule has 1 aromatic carbocycles. The number of allylic oxidation sites excluding steroid dienone is 1. The first-order chi connectivity index (χ1) is 11.4. The molecule has 1 fully saturated rings. The summed E-state index contributed by atoms with van der Waals surface area (Å²) in [6.07, 6.45) is 0.782. The molecular weight excluding hydrogens is 307 g/mol. The molecule has 0 unspecified atom stereocenters. The lowest BCUT2D eigenvalue weighted by Crippen LogP contribution is -2.47. The smallest absolute Gasteiger partial charge is 0.393 e. The van der Waals surface area contributed by atoms with Gasteiger partial charge in [0.25, 0.3) is 11.8 Å². The number of amides is 2. The van der Waals surface area contributed by atoms with Crippen LogP contribution in [-0.4, -0.2) is 69.1 Å². The Bertz CT molecular complexity index is 576. The van der Waals surface area contributed by atoms with E-state index in [1.165, 1.54) is 9.80 Å². The summed E-state index contributed by atoms with van der Waals surface area (Å²) in [4.78, 5) is 27.3. The summed E-state index contributed by atoms with van der Waals surface area (Å²) in [5.41, 5.74) is 1.16. The van der Waals surface area contributed by atoms with Gasteiger partial charge in [0.1, 0.15) is 0 Å². The minimum atomic E-state index is -0.929. The van der Waals surface area contributed by atoms with E-state index in [0.29, 0.717) is 0 Å². The summed E-state index contributed by atoms with van der Waals surface area (Å²) in [7, 11) is 5.79. The van der Waals surface area contributed by atoms with Crippen LogP contribution in [0.2, 0.25) is 0 Å². The van der Waals surface area contributed by atoms with Crippen molar-refractivity contribution < 1.29 is 18.9 Å². The standard InChI is InChI=1S/C17H23BN2O4/c1-19(2)16(21)14-15(17(22)20(3)4)24-18(23-14)12-8-11-13-9-6-5-7-10-13/h5-10,12,14-15H,11H2,1-4H3/b12-8+/t14-,15-/m1/s1. The minimum Gasteiger partial charge on any atom is -0.393 e. The molecule has 0 aliphatic carbocycles. The fraction of sp³-hybridized carbons (Fsp3) is 0.412. The highest BCUT2D eigenvalue weighted by molar-refractivity contribution is 6.52. The van der Waals surface area contributed by atoms with Gasteiger partial charge >= 0.3 is 7.12 Å². The average molecular weight is 330 g/mol. The molecule has 0 N–H and O–H groups in total. The first-order valence-electron chi connectivity index (χ1n) is 7.84. The molecule has 2 rings (SSSR count). The molecule has 1 aliphatic rings. The number of benzene rings is 1. The number of carbonyl (C=O) groups is 2. The zero-order valence-corrected chi connectivity index (χ0v) is 14.5. The lowest BCUT2D eigenvalue weighted by atomic mass is 9.89. The van der Waals surface area contributed by atoms with Crippen molar-refractivity contribution in [1.29, 1.82) is 0 Å². The zero-order chi connectivity index (χ0) is 17.7. The molecule has 1 aliphatic heterocycles. The highest BCUT2D eigenvalue weighted by Crippen LogP contribution is 2.21. The summed E-state index contributed by atoms with van der Waals surface area (Å²) >= 11 is 0. The number of rotatable bonds is 5. The van der Waals surface area contributed by atoms with Gasteiger partial charge in [-0.15, -0.1) is 0 Å². The first-order valence-corrected chi connectivity index (χ1v) is 7.84. The molecule has 128 valence electrons. The maximum absolute atomic E-state index is 12.2. The highest BCUT2D eigenvalue weighted by Gasteiger charge is 2.47. The molecule has 2 amide bonds. The van der Waals surface area contributed by atoms with Crippen LogP contribution in [0.4, 0.5) is 0 Å². The maximum Gasteiger partial charge on any atom is 0.487 e. The summed E-state index contributed by atoms with van der Waals surface area (Å²) in [6.45, 7) is 0. The van der Waals surface area contributed by atoms with E-state index >= 15 is 0 Å². The van der Waals surface area contributed by atoms with Crippen LogP contribution in [0.25, 0.3) is 0 Å².